The molecule has 0 unspecified atom stereocenters. The van der Waals surface area contributed by atoms with Gasteiger partial charge >= 0.3 is 5.97 Å². The van der Waals surface area contributed by atoms with Crippen LogP contribution < -0.4 is 0 Å². The molecule has 0 spiro atoms. The molecule has 1 heterocycles. The molecule has 1 aliphatic rings. The first-order valence-electron chi connectivity index (χ1n) is 5.63. The van der Waals surface area contributed by atoms with Crippen molar-refractivity contribution >= 4 is 17.7 Å². The van der Waals surface area contributed by atoms with E-state index in [1.807, 2.05) is 25.0 Å². The van der Waals surface area contributed by atoms with Crippen LogP contribution in [-0.4, -0.2) is 33.8 Å². The predicted octanol–water partition coefficient (Wildman–Crippen LogP) is 1.39. The molecule has 17 heavy (non-hydrogen) atoms. The molecule has 0 atom stereocenters. The maximum absolute atomic E-state index is 11.2. The molecule has 0 saturated heterocycles. The summed E-state index contributed by atoms with van der Waals surface area (Å²) in [4.78, 5) is 11.2. The number of thioether (sulfide) groups is 1. The van der Waals surface area contributed by atoms with E-state index in [1.165, 1.54) is 7.11 Å². The second-order valence-corrected chi connectivity index (χ2v) is 5.61. The van der Waals surface area contributed by atoms with E-state index in [9.17, 15) is 4.79 Å². The number of rotatable bonds is 6. The molecule has 0 N–H and O–H groups in total. The Labute approximate surface area is 105 Å². The Morgan fingerprint density at radius 2 is 2.41 bits per heavy atom. The van der Waals surface area contributed by atoms with E-state index >= 15 is 0 Å². The Balaban J connectivity index is 1.73. The van der Waals surface area contributed by atoms with Crippen molar-refractivity contribution in [3.05, 3.63) is 11.9 Å². The highest BCUT2D eigenvalue weighted by Gasteiger charge is 2.44. The number of nitrogens with zero attached hydrogens (tertiary/aromatic N) is 3. The van der Waals surface area contributed by atoms with Gasteiger partial charge in [-0.15, -0.1) is 5.10 Å². The Morgan fingerprint density at radius 1 is 1.65 bits per heavy atom. The van der Waals surface area contributed by atoms with Gasteiger partial charge in [0.1, 0.15) is 0 Å². The number of carbonyl (C=O) groups is 1. The molecule has 5 nitrogen and oxygen atoms in total. The van der Waals surface area contributed by atoms with Crippen LogP contribution in [0.2, 0.25) is 0 Å². The number of hydrogen-bond donors (Lipinski definition) is 0. The van der Waals surface area contributed by atoms with Crippen molar-refractivity contribution in [3.8, 4) is 0 Å². The lowest BCUT2D eigenvalue weighted by Gasteiger charge is -2.12. The third kappa shape index (κ3) is 3.46. The molecular weight excluding hydrogens is 238 g/mol. The smallest absolute Gasteiger partial charge is 0.306 e. The fourth-order valence-electron chi connectivity index (χ4n) is 1.76. The van der Waals surface area contributed by atoms with Crippen LogP contribution in [-0.2, 0) is 22.3 Å². The maximum Gasteiger partial charge on any atom is 0.306 e. The Kier molecular flexibility index (Phi) is 3.71. The molecule has 1 fully saturated rings. The summed E-state index contributed by atoms with van der Waals surface area (Å²) < 4.78 is 6.43. The van der Waals surface area contributed by atoms with Crippen molar-refractivity contribution in [2.75, 3.05) is 12.9 Å². The molecular formula is C11H17N3O2S. The van der Waals surface area contributed by atoms with E-state index in [-0.39, 0.29) is 11.4 Å². The van der Waals surface area contributed by atoms with Crippen LogP contribution in [0.1, 0.15) is 25.0 Å². The third-order valence-corrected chi connectivity index (χ3v) is 4.33. The number of ether oxygens (including phenoxy) is 1. The van der Waals surface area contributed by atoms with Gasteiger partial charge in [-0.05, 0) is 24.0 Å². The van der Waals surface area contributed by atoms with Gasteiger partial charge in [0.2, 0.25) is 0 Å². The highest BCUT2D eigenvalue weighted by atomic mass is 32.2. The fourth-order valence-corrected chi connectivity index (χ4v) is 3.03. The minimum Gasteiger partial charge on any atom is -0.469 e. The molecule has 0 radical (unpaired) electrons. The van der Waals surface area contributed by atoms with Crippen LogP contribution in [0.4, 0.5) is 0 Å². The van der Waals surface area contributed by atoms with Crippen LogP contribution in [0.3, 0.4) is 0 Å². The summed E-state index contributed by atoms with van der Waals surface area (Å²) in [7, 11) is 3.31. The van der Waals surface area contributed by atoms with E-state index in [0.717, 1.165) is 30.0 Å². The molecule has 1 saturated carbocycles. The van der Waals surface area contributed by atoms with Crippen LogP contribution >= 0.6 is 11.8 Å². The first-order valence-corrected chi connectivity index (χ1v) is 6.79. The fraction of sp³-hybridized carbons (Fsp3) is 0.727. The molecule has 0 aliphatic heterocycles. The van der Waals surface area contributed by atoms with E-state index < -0.39 is 0 Å². The monoisotopic (exact) mass is 255 g/mol. The molecule has 1 aromatic rings. The van der Waals surface area contributed by atoms with Gasteiger partial charge in [-0.1, -0.05) is 5.21 Å². The van der Waals surface area contributed by atoms with E-state index in [0.29, 0.717) is 6.42 Å². The van der Waals surface area contributed by atoms with Gasteiger partial charge in [-0.3, -0.25) is 9.48 Å². The van der Waals surface area contributed by atoms with Crippen LogP contribution in [0.25, 0.3) is 0 Å². The first-order chi connectivity index (χ1) is 8.13. The van der Waals surface area contributed by atoms with E-state index in [4.69, 9.17) is 4.74 Å². The average molecular weight is 255 g/mol. The number of carbonyl (C=O) groups excluding carboxylic acids is 1. The lowest BCUT2D eigenvalue weighted by molar-refractivity contribution is -0.141. The third-order valence-electron chi connectivity index (χ3n) is 3.01. The summed E-state index contributed by atoms with van der Waals surface area (Å²) in [5.41, 5.74) is 1.19. The summed E-state index contributed by atoms with van der Waals surface area (Å²) in [6.07, 6.45) is 4.75. The average Bonchev–Trinajstić information content (AvgIpc) is 2.93. The number of aryl methyl sites for hydroxylation is 1. The second kappa shape index (κ2) is 5.08. The topological polar surface area (TPSA) is 57.0 Å². The molecule has 6 heteroatoms. The largest absolute Gasteiger partial charge is 0.469 e. The van der Waals surface area contributed by atoms with Gasteiger partial charge in [0.15, 0.2) is 0 Å². The van der Waals surface area contributed by atoms with E-state index in [1.54, 1.807) is 4.68 Å². The molecule has 2 rings (SSSR count). The Bertz CT molecular complexity index is 401. The first kappa shape index (κ1) is 12.4. The van der Waals surface area contributed by atoms with Gasteiger partial charge in [-0.2, -0.15) is 11.8 Å². The van der Waals surface area contributed by atoms with Gasteiger partial charge < -0.3 is 4.74 Å². The molecule has 0 amide bonds. The summed E-state index contributed by atoms with van der Waals surface area (Å²) in [6, 6.07) is 0. The van der Waals surface area contributed by atoms with Crippen molar-refractivity contribution in [2.24, 2.45) is 12.5 Å². The van der Waals surface area contributed by atoms with Crippen molar-refractivity contribution in [1.82, 2.24) is 15.0 Å². The molecule has 1 aliphatic carbocycles. The summed E-state index contributed by atoms with van der Waals surface area (Å²) in [5.74, 6) is 1.76. The zero-order valence-corrected chi connectivity index (χ0v) is 11.0. The van der Waals surface area contributed by atoms with Gasteiger partial charge in [0, 0.05) is 19.0 Å². The summed E-state index contributed by atoms with van der Waals surface area (Å²) >= 11 is 1.82. The summed E-state index contributed by atoms with van der Waals surface area (Å²) in [6.45, 7) is 0. The predicted molar refractivity (Wildman–Crippen MR) is 65.5 cm³/mol. The van der Waals surface area contributed by atoms with Crippen molar-refractivity contribution in [3.63, 3.8) is 0 Å². The zero-order chi connectivity index (χ0) is 12.3. The van der Waals surface area contributed by atoms with Gasteiger partial charge in [-0.25, -0.2) is 0 Å². The van der Waals surface area contributed by atoms with Crippen molar-refractivity contribution < 1.29 is 9.53 Å². The standard InChI is InChI=1S/C11H17N3O2S/c1-14-6-9(12-13-14)7-17-8-11(3-4-11)5-10(15)16-2/h6H,3-5,7-8H2,1-2H3. The Hall–Kier alpha value is -1.04. The number of esters is 1. The van der Waals surface area contributed by atoms with Crippen LogP contribution in [0, 0.1) is 5.41 Å². The number of methoxy groups -OCH3 is 1. The van der Waals surface area contributed by atoms with Crippen LogP contribution in [0.5, 0.6) is 0 Å². The summed E-state index contributed by atoms with van der Waals surface area (Å²) in [5, 5.41) is 7.92. The number of aromatic nitrogens is 3. The van der Waals surface area contributed by atoms with E-state index in [2.05, 4.69) is 10.3 Å². The minimum absolute atomic E-state index is 0.0948. The van der Waals surface area contributed by atoms with Gasteiger partial charge in [0.25, 0.3) is 0 Å². The van der Waals surface area contributed by atoms with Crippen molar-refractivity contribution in [1.29, 1.82) is 0 Å². The molecule has 1 aromatic heterocycles. The molecule has 0 bridgehead atoms. The molecule has 94 valence electrons. The lowest BCUT2D eigenvalue weighted by Crippen LogP contribution is -2.13. The highest BCUT2D eigenvalue weighted by Crippen LogP contribution is 2.51. The highest BCUT2D eigenvalue weighted by molar-refractivity contribution is 7.98. The Morgan fingerprint density at radius 3 is 2.94 bits per heavy atom. The quantitative estimate of drug-likeness (QED) is 0.719. The number of hydrogen-bond acceptors (Lipinski definition) is 5. The second-order valence-electron chi connectivity index (χ2n) is 4.63. The van der Waals surface area contributed by atoms with Crippen molar-refractivity contribution in [2.45, 2.75) is 25.0 Å². The van der Waals surface area contributed by atoms with Crippen LogP contribution in [0.15, 0.2) is 6.20 Å². The van der Waals surface area contributed by atoms with Gasteiger partial charge in [0.05, 0.1) is 19.2 Å². The minimum atomic E-state index is -0.0948. The SMILES string of the molecule is COC(=O)CC1(CSCc2cn(C)nn2)CC1. The lowest BCUT2D eigenvalue weighted by atomic mass is 10.1. The normalized spacial score (nSPS) is 16.8. The zero-order valence-electron chi connectivity index (χ0n) is 10.2. The molecule has 0 aromatic carbocycles. The maximum atomic E-state index is 11.2.